The molecular weight excluding hydrogens is 467 g/mol. The van der Waals surface area contributed by atoms with E-state index in [-0.39, 0.29) is 36.3 Å². The van der Waals surface area contributed by atoms with Crippen molar-refractivity contribution in [1.29, 1.82) is 5.26 Å². The highest BCUT2D eigenvalue weighted by Crippen LogP contribution is 2.46. The van der Waals surface area contributed by atoms with E-state index in [4.69, 9.17) is 4.98 Å². The minimum atomic E-state index is -4.56. The largest absolute Gasteiger partial charge is 0.410 e. The highest BCUT2D eigenvalue weighted by atomic mass is 19.4. The standard InChI is InChI=1S/C27H24F3N5O/c28-27(29,30)23-15-34(10-11-35(23)26(36)17-6-7-17)25-19(13-31)12-22(24(33-25)16-4-5-16)21-3-1-2-18-14-32-9-8-20(18)21/h1-3,8-9,12,14,16-17,23H,4-7,10-11,15H2. The number of nitriles is 1. The molecule has 1 saturated heterocycles. The van der Waals surface area contributed by atoms with E-state index >= 15 is 0 Å². The van der Waals surface area contributed by atoms with Crippen LogP contribution >= 0.6 is 0 Å². The van der Waals surface area contributed by atoms with Gasteiger partial charge in [0.1, 0.15) is 17.9 Å². The molecule has 1 amide bonds. The Labute approximate surface area is 206 Å². The van der Waals surface area contributed by atoms with E-state index in [9.17, 15) is 23.2 Å². The quantitative estimate of drug-likeness (QED) is 0.512. The van der Waals surface area contributed by atoms with Gasteiger partial charge in [0.15, 0.2) is 0 Å². The van der Waals surface area contributed by atoms with Gasteiger partial charge in [0.2, 0.25) is 5.91 Å². The number of aromatic nitrogens is 2. The summed E-state index contributed by atoms with van der Waals surface area (Å²) in [5.74, 6) is -0.215. The van der Waals surface area contributed by atoms with E-state index in [1.165, 1.54) is 4.90 Å². The first-order valence-corrected chi connectivity index (χ1v) is 12.3. The minimum absolute atomic E-state index is 0.0388. The van der Waals surface area contributed by atoms with E-state index < -0.39 is 24.7 Å². The van der Waals surface area contributed by atoms with Crippen molar-refractivity contribution in [3.8, 4) is 17.2 Å². The Morgan fingerprint density at radius 1 is 1.08 bits per heavy atom. The molecule has 2 aromatic heterocycles. The van der Waals surface area contributed by atoms with Crippen LogP contribution in [0.15, 0.2) is 42.7 Å². The van der Waals surface area contributed by atoms with Crippen molar-refractivity contribution in [2.75, 3.05) is 24.5 Å². The molecule has 0 bridgehead atoms. The normalized spacial score (nSPS) is 20.4. The van der Waals surface area contributed by atoms with Gasteiger partial charge in [-0.05, 0) is 48.8 Å². The van der Waals surface area contributed by atoms with Crippen molar-refractivity contribution in [1.82, 2.24) is 14.9 Å². The van der Waals surface area contributed by atoms with Crippen LogP contribution in [-0.4, -0.2) is 52.6 Å². The van der Waals surface area contributed by atoms with Crippen LogP contribution in [0.5, 0.6) is 0 Å². The zero-order chi connectivity index (χ0) is 25.0. The lowest BCUT2D eigenvalue weighted by Gasteiger charge is -2.43. The Morgan fingerprint density at radius 3 is 2.58 bits per heavy atom. The number of pyridine rings is 2. The van der Waals surface area contributed by atoms with Crippen molar-refractivity contribution in [3.63, 3.8) is 0 Å². The van der Waals surface area contributed by atoms with Gasteiger partial charge in [-0.2, -0.15) is 18.4 Å². The molecule has 0 spiro atoms. The molecule has 1 unspecified atom stereocenters. The number of carbonyl (C=O) groups is 1. The first-order chi connectivity index (χ1) is 17.3. The minimum Gasteiger partial charge on any atom is -0.351 e. The highest BCUT2D eigenvalue weighted by Gasteiger charge is 2.51. The molecule has 3 aromatic rings. The predicted octanol–water partition coefficient (Wildman–Crippen LogP) is 5.04. The number of nitrogens with zero attached hydrogens (tertiary/aromatic N) is 5. The Bertz CT molecular complexity index is 1390. The fourth-order valence-electron chi connectivity index (χ4n) is 5.17. The average molecular weight is 492 g/mol. The zero-order valence-corrected chi connectivity index (χ0v) is 19.5. The molecular formula is C27H24F3N5O. The van der Waals surface area contributed by atoms with Gasteiger partial charge in [0.05, 0.1) is 11.3 Å². The number of rotatable bonds is 4. The smallest absolute Gasteiger partial charge is 0.351 e. The Kier molecular flexibility index (Phi) is 5.36. The summed E-state index contributed by atoms with van der Waals surface area (Å²) in [6.07, 6.45) is 2.14. The molecule has 2 aliphatic carbocycles. The van der Waals surface area contributed by atoms with Gasteiger partial charge in [-0.15, -0.1) is 0 Å². The molecule has 184 valence electrons. The van der Waals surface area contributed by atoms with Gasteiger partial charge < -0.3 is 9.80 Å². The summed E-state index contributed by atoms with van der Waals surface area (Å²) in [5.41, 5.74) is 2.82. The van der Waals surface area contributed by atoms with E-state index in [2.05, 4.69) is 11.1 Å². The molecule has 3 aliphatic rings. The molecule has 3 heterocycles. The number of anilines is 1. The lowest BCUT2D eigenvalue weighted by atomic mass is 9.95. The molecule has 1 atom stereocenters. The second-order valence-electron chi connectivity index (χ2n) is 9.89. The average Bonchev–Trinajstić information content (AvgIpc) is 3.80. The molecule has 36 heavy (non-hydrogen) atoms. The van der Waals surface area contributed by atoms with E-state index in [0.29, 0.717) is 12.8 Å². The SMILES string of the molecule is N#Cc1cc(-c2cccc3cnccc23)c(C2CC2)nc1N1CCN(C(=O)C2CC2)C(C(F)(F)F)C1. The molecule has 0 N–H and O–H groups in total. The molecule has 2 saturated carbocycles. The fourth-order valence-corrected chi connectivity index (χ4v) is 5.17. The van der Waals surface area contributed by atoms with E-state index in [0.717, 1.165) is 45.3 Å². The molecule has 9 heteroatoms. The van der Waals surface area contributed by atoms with Crippen LogP contribution in [0.1, 0.15) is 42.9 Å². The van der Waals surface area contributed by atoms with Gasteiger partial charge in [0, 0.05) is 54.8 Å². The van der Waals surface area contributed by atoms with E-state index in [1.807, 2.05) is 24.3 Å². The third kappa shape index (κ3) is 4.04. The van der Waals surface area contributed by atoms with Crippen LogP contribution in [0, 0.1) is 17.2 Å². The number of fused-ring (bicyclic) bond motifs is 1. The monoisotopic (exact) mass is 491 g/mol. The summed E-state index contributed by atoms with van der Waals surface area (Å²) in [5, 5.41) is 12.0. The van der Waals surface area contributed by atoms with Crippen molar-refractivity contribution in [3.05, 3.63) is 54.0 Å². The highest BCUT2D eigenvalue weighted by molar-refractivity contribution is 5.97. The second-order valence-corrected chi connectivity index (χ2v) is 9.89. The third-order valence-corrected chi connectivity index (χ3v) is 7.35. The van der Waals surface area contributed by atoms with Crippen LogP contribution in [0.25, 0.3) is 21.9 Å². The number of amides is 1. The molecule has 3 fully saturated rings. The Balaban J connectivity index is 1.41. The molecule has 6 nitrogen and oxygen atoms in total. The van der Waals surface area contributed by atoms with Crippen molar-refractivity contribution < 1.29 is 18.0 Å². The van der Waals surface area contributed by atoms with Gasteiger partial charge in [-0.1, -0.05) is 18.2 Å². The first kappa shape index (κ1) is 22.8. The summed E-state index contributed by atoms with van der Waals surface area (Å²) in [7, 11) is 0. The predicted molar refractivity (Wildman–Crippen MR) is 128 cm³/mol. The van der Waals surface area contributed by atoms with Crippen LogP contribution in [0.2, 0.25) is 0 Å². The van der Waals surface area contributed by atoms with Crippen LogP contribution < -0.4 is 4.90 Å². The number of benzene rings is 1. The number of halogens is 3. The van der Waals surface area contributed by atoms with Crippen LogP contribution in [-0.2, 0) is 4.79 Å². The number of alkyl halides is 3. The van der Waals surface area contributed by atoms with Gasteiger partial charge in [-0.3, -0.25) is 9.78 Å². The summed E-state index contributed by atoms with van der Waals surface area (Å²) in [4.78, 5) is 24.2. The van der Waals surface area contributed by atoms with Crippen LogP contribution in [0.3, 0.4) is 0 Å². The van der Waals surface area contributed by atoms with Gasteiger partial charge >= 0.3 is 6.18 Å². The number of piperazine rings is 1. The molecule has 1 aliphatic heterocycles. The lowest BCUT2D eigenvalue weighted by Crippen LogP contribution is -2.61. The number of hydrogen-bond donors (Lipinski definition) is 0. The molecule has 0 radical (unpaired) electrons. The Morgan fingerprint density at radius 2 is 1.89 bits per heavy atom. The molecule has 6 rings (SSSR count). The lowest BCUT2D eigenvalue weighted by molar-refractivity contribution is -0.191. The molecule has 1 aromatic carbocycles. The van der Waals surface area contributed by atoms with Gasteiger partial charge in [-0.25, -0.2) is 4.98 Å². The number of carbonyl (C=O) groups excluding carboxylic acids is 1. The van der Waals surface area contributed by atoms with Crippen LogP contribution in [0.4, 0.5) is 19.0 Å². The summed E-state index contributed by atoms with van der Waals surface area (Å²) < 4.78 is 42.1. The zero-order valence-electron chi connectivity index (χ0n) is 19.5. The van der Waals surface area contributed by atoms with Crippen molar-refractivity contribution >= 4 is 22.5 Å². The second kappa shape index (κ2) is 8.47. The van der Waals surface area contributed by atoms with Crippen molar-refractivity contribution in [2.24, 2.45) is 5.92 Å². The van der Waals surface area contributed by atoms with Crippen molar-refractivity contribution in [2.45, 2.75) is 43.8 Å². The fraction of sp³-hybridized carbons (Fsp3) is 0.407. The maximum atomic E-state index is 14.0. The third-order valence-electron chi connectivity index (χ3n) is 7.35. The topological polar surface area (TPSA) is 73.1 Å². The maximum absolute atomic E-state index is 14.0. The summed E-state index contributed by atoms with van der Waals surface area (Å²) >= 11 is 0. The summed E-state index contributed by atoms with van der Waals surface area (Å²) in [6, 6.07) is 9.83. The Hall–Kier alpha value is -3.67. The van der Waals surface area contributed by atoms with E-state index in [1.54, 1.807) is 18.5 Å². The first-order valence-electron chi connectivity index (χ1n) is 12.3. The van der Waals surface area contributed by atoms with Gasteiger partial charge in [0.25, 0.3) is 0 Å². The number of hydrogen-bond acceptors (Lipinski definition) is 5. The maximum Gasteiger partial charge on any atom is 0.410 e. The summed E-state index contributed by atoms with van der Waals surface area (Å²) in [6.45, 7) is -0.258.